The van der Waals surface area contributed by atoms with E-state index in [9.17, 15) is 14.7 Å². The molecule has 0 aliphatic heterocycles. The molecule has 1 saturated carbocycles. The summed E-state index contributed by atoms with van der Waals surface area (Å²) in [7, 11) is 3.36. The predicted octanol–water partition coefficient (Wildman–Crippen LogP) is 0.142. The predicted molar refractivity (Wildman–Crippen MR) is 69.3 cm³/mol. The molecule has 1 aromatic rings. The third-order valence-corrected chi connectivity index (χ3v) is 3.09. The van der Waals surface area contributed by atoms with E-state index >= 15 is 0 Å². The van der Waals surface area contributed by atoms with Crippen molar-refractivity contribution in [2.45, 2.75) is 25.8 Å². The molecule has 0 radical (unpaired) electrons. The van der Waals surface area contributed by atoms with Crippen LogP contribution in [0.3, 0.4) is 0 Å². The number of aryl methyl sites for hydroxylation is 2. The summed E-state index contributed by atoms with van der Waals surface area (Å²) in [4.78, 5) is 24.6. The first-order valence-electron chi connectivity index (χ1n) is 6.17. The minimum Gasteiger partial charge on any atom is -0.477 e. The van der Waals surface area contributed by atoms with E-state index in [1.165, 1.54) is 4.68 Å². The van der Waals surface area contributed by atoms with E-state index in [4.69, 9.17) is 0 Å². The third kappa shape index (κ3) is 2.86. The van der Waals surface area contributed by atoms with Crippen molar-refractivity contribution in [3.8, 4) is 0 Å². The fourth-order valence-electron chi connectivity index (χ4n) is 2.13. The highest BCUT2D eigenvalue weighted by Gasteiger charge is 2.26. The molecule has 0 spiro atoms. The van der Waals surface area contributed by atoms with Gasteiger partial charge in [0.1, 0.15) is 11.4 Å². The van der Waals surface area contributed by atoms with Crippen LogP contribution in [0.4, 0.5) is 5.82 Å². The normalized spacial score (nSPS) is 14.3. The van der Waals surface area contributed by atoms with Crippen LogP contribution in [0.1, 0.15) is 28.9 Å². The highest BCUT2D eigenvalue weighted by Crippen LogP contribution is 2.22. The molecule has 1 aliphatic rings. The molecule has 0 saturated heterocycles. The Hall–Kier alpha value is -2.05. The number of carboxylic acids is 1. The number of rotatable bonds is 5. The van der Waals surface area contributed by atoms with Gasteiger partial charge in [-0.3, -0.25) is 9.48 Å². The standard InChI is InChI=1S/C12H18N4O3/c1-7-10(12(18)19)11(16(3)14-7)15(2)6-9(17)13-8-4-5-8/h8H,4-6H2,1-3H3,(H,13,17)(H,18,19). The van der Waals surface area contributed by atoms with Gasteiger partial charge in [-0.05, 0) is 19.8 Å². The van der Waals surface area contributed by atoms with Crippen LogP contribution in [0, 0.1) is 6.92 Å². The van der Waals surface area contributed by atoms with Crippen LogP contribution in [-0.2, 0) is 11.8 Å². The highest BCUT2D eigenvalue weighted by atomic mass is 16.4. The second-order valence-electron chi connectivity index (χ2n) is 4.91. The van der Waals surface area contributed by atoms with Gasteiger partial charge in [0.15, 0.2) is 0 Å². The molecular formula is C12H18N4O3. The van der Waals surface area contributed by atoms with E-state index in [0.717, 1.165) is 12.8 Å². The largest absolute Gasteiger partial charge is 0.477 e. The molecule has 104 valence electrons. The quantitative estimate of drug-likeness (QED) is 0.791. The van der Waals surface area contributed by atoms with Gasteiger partial charge in [0.05, 0.1) is 12.2 Å². The highest BCUT2D eigenvalue weighted by molar-refractivity contribution is 5.95. The Bertz CT molecular complexity index is 519. The van der Waals surface area contributed by atoms with E-state index in [2.05, 4.69) is 10.4 Å². The molecule has 7 heteroatoms. The molecule has 1 fully saturated rings. The van der Waals surface area contributed by atoms with Crippen molar-refractivity contribution in [1.82, 2.24) is 15.1 Å². The second-order valence-corrected chi connectivity index (χ2v) is 4.91. The average molecular weight is 266 g/mol. The van der Waals surface area contributed by atoms with Gasteiger partial charge in [0, 0.05) is 20.1 Å². The number of carbonyl (C=O) groups is 2. The minimum atomic E-state index is -1.03. The van der Waals surface area contributed by atoms with Gasteiger partial charge in [-0.1, -0.05) is 0 Å². The Labute approximate surface area is 111 Å². The summed E-state index contributed by atoms with van der Waals surface area (Å²) in [5, 5.41) is 16.2. The maximum atomic E-state index is 11.7. The van der Waals surface area contributed by atoms with Gasteiger partial charge in [-0.25, -0.2) is 4.79 Å². The van der Waals surface area contributed by atoms with Crippen LogP contribution in [0.15, 0.2) is 0 Å². The number of carboxylic acid groups (broad SMARTS) is 1. The first kappa shape index (κ1) is 13.4. The number of aromatic nitrogens is 2. The molecule has 1 aromatic heterocycles. The molecule has 0 unspecified atom stereocenters. The number of aromatic carboxylic acids is 1. The van der Waals surface area contributed by atoms with E-state index in [1.807, 2.05) is 0 Å². The zero-order valence-electron chi connectivity index (χ0n) is 11.3. The summed E-state index contributed by atoms with van der Waals surface area (Å²) >= 11 is 0. The van der Waals surface area contributed by atoms with Crippen molar-refractivity contribution >= 4 is 17.7 Å². The number of hydrogen-bond acceptors (Lipinski definition) is 4. The SMILES string of the molecule is Cc1nn(C)c(N(C)CC(=O)NC2CC2)c1C(=O)O. The first-order valence-corrected chi connectivity index (χ1v) is 6.17. The van der Waals surface area contributed by atoms with Crippen molar-refractivity contribution in [1.29, 1.82) is 0 Å². The fraction of sp³-hybridized carbons (Fsp3) is 0.583. The maximum absolute atomic E-state index is 11.7. The van der Waals surface area contributed by atoms with Crippen LogP contribution < -0.4 is 10.2 Å². The van der Waals surface area contributed by atoms with Crippen molar-refractivity contribution in [2.24, 2.45) is 7.05 Å². The van der Waals surface area contributed by atoms with Crippen molar-refractivity contribution < 1.29 is 14.7 Å². The number of anilines is 1. The second kappa shape index (κ2) is 4.91. The van der Waals surface area contributed by atoms with Gasteiger partial charge >= 0.3 is 5.97 Å². The third-order valence-electron chi connectivity index (χ3n) is 3.09. The van der Waals surface area contributed by atoms with E-state index in [-0.39, 0.29) is 18.0 Å². The minimum absolute atomic E-state index is 0.0970. The first-order chi connectivity index (χ1) is 8.90. The average Bonchev–Trinajstić information content (AvgIpc) is 3.01. The zero-order chi connectivity index (χ0) is 14.2. The van der Waals surface area contributed by atoms with Gasteiger partial charge in [-0.15, -0.1) is 0 Å². The smallest absolute Gasteiger partial charge is 0.341 e. The molecular weight excluding hydrogens is 248 g/mol. The summed E-state index contributed by atoms with van der Waals surface area (Å²) in [6, 6.07) is 0.299. The number of nitrogens with one attached hydrogen (secondary N) is 1. The fourth-order valence-corrected chi connectivity index (χ4v) is 2.13. The molecule has 0 atom stereocenters. The zero-order valence-corrected chi connectivity index (χ0v) is 11.3. The summed E-state index contributed by atoms with van der Waals surface area (Å²) in [5.74, 6) is -0.689. The molecule has 0 aromatic carbocycles. The molecule has 7 nitrogen and oxygen atoms in total. The van der Waals surface area contributed by atoms with Crippen LogP contribution in [0.25, 0.3) is 0 Å². The van der Waals surface area contributed by atoms with Crippen LogP contribution in [0.5, 0.6) is 0 Å². The van der Waals surface area contributed by atoms with Crippen molar-refractivity contribution in [2.75, 3.05) is 18.5 Å². The van der Waals surface area contributed by atoms with Gasteiger partial charge in [0.25, 0.3) is 0 Å². The summed E-state index contributed by atoms with van der Waals surface area (Å²) < 4.78 is 1.49. The molecule has 0 bridgehead atoms. The topological polar surface area (TPSA) is 87.5 Å². The maximum Gasteiger partial charge on any atom is 0.341 e. The Balaban J connectivity index is 2.15. The van der Waals surface area contributed by atoms with Crippen LogP contribution >= 0.6 is 0 Å². The van der Waals surface area contributed by atoms with E-state index < -0.39 is 5.97 Å². The molecule has 1 aliphatic carbocycles. The number of carbonyl (C=O) groups excluding carboxylic acids is 1. The summed E-state index contributed by atoms with van der Waals surface area (Å²) in [6.45, 7) is 1.76. The summed E-state index contributed by atoms with van der Waals surface area (Å²) in [6.07, 6.45) is 2.06. The lowest BCUT2D eigenvalue weighted by molar-refractivity contribution is -0.119. The molecule has 2 N–H and O–H groups in total. The Morgan fingerprint density at radius 3 is 2.68 bits per heavy atom. The van der Waals surface area contributed by atoms with Crippen LogP contribution in [0.2, 0.25) is 0 Å². The van der Waals surface area contributed by atoms with Gasteiger partial charge < -0.3 is 15.3 Å². The molecule has 2 rings (SSSR count). The summed E-state index contributed by atoms with van der Waals surface area (Å²) in [5.41, 5.74) is 0.587. The van der Waals surface area contributed by atoms with Gasteiger partial charge in [0.2, 0.25) is 5.91 Å². The lowest BCUT2D eigenvalue weighted by atomic mass is 10.2. The number of hydrogen-bond donors (Lipinski definition) is 2. The van der Waals surface area contributed by atoms with Crippen LogP contribution in [-0.4, -0.2) is 46.4 Å². The van der Waals surface area contributed by atoms with E-state index in [1.54, 1.807) is 25.9 Å². The molecule has 1 heterocycles. The Morgan fingerprint density at radius 1 is 1.53 bits per heavy atom. The monoisotopic (exact) mass is 266 g/mol. The molecule has 19 heavy (non-hydrogen) atoms. The lowest BCUT2D eigenvalue weighted by Gasteiger charge is -2.19. The Morgan fingerprint density at radius 2 is 2.16 bits per heavy atom. The van der Waals surface area contributed by atoms with Crippen molar-refractivity contribution in [3.63, 3.8) is 0 Å². The van der Waals surface area contributed by atoms with Gasteiger partial charge in [-0.2, -0.15) is 5.10 Å². The molecule has 1 amide bonds. The number of amides is 1. The van der Waals surface area contributed by atoms with Crippen molar-refractivity contribution in [3.05, 3.63) is 11.3 Å². The van der Waals surface area contributed by atoms with E-state index in [0.29, 0.717) is 17.6 Å². The number of nitrogens with zero attached hydrogens (tertiary/aromatic N) is 3. The number of likely N-dealkylation sites (N-methyl/N-ethyl adjacent to an activating group) is 1. The lowest BCUT2D eigenvalue weighted by Crippen LogP contribution is -2.37. The Kier molecular flexibility index (Phi) is 3.46.